The highest BCUT2D eigenvalue weighted by molar-refractivity contribution is 8.07. The maximum Gasteiger partial charge on any atom is 0.0523 e. The van der Waals surface area contributed by atoms with E-state index in [1.54, 1.807) is 0 Å². The highest BCUT2D eigenvalue weighted by atomic mass is 32.2. The first-order valence-electron chi connectivity index (χ1n) is 6.72. The quantitative estimate of drug-likeness (QED) is 0.686. The Morgan fingerprint density at radius 3 is 2.42 bits per heavy atom. The molecule has 0 amide bonds. The number of thioether (sulfide) groups is 1. The molecule has 98 valence electrons. The molecule has 1 unspecified atom stereocenters. The molecule has 0 aromatic carbocycles. The fourth-order valence-corrected chi connectivity index (χ4v) is 3.17. The molecular formula is C17H19NS. The number of hydrogen-bond donors (Lipinski definition) is 1. The summed E-state index contributed by atoms with van der Waals surface area (Å²) in [7, 11) is 0. The van der Waals surface area contributed by atoms with Crippen molar-refractivity contribution >= 4 is 11.8 Å². The molecule has 0 aromatic rings. The average Bonchev–Trinajstić information content (AvgIpc) is 2.64. The second-order valence-corrected chi connectivity index (χ2v) is 6.93. The molecule has 0 aromatic heterocycles. The van der Waals surface area contributed by atoms with Gasteiger partial charge in [0, 0.05) is 15.2 Å². The summed E-state index contributed by atoms with van der Waals surface area (Å²) in [6.07, 6.45) is 17.9. The molecule has 3 aliphatic rings. The van der Waals surface area contributed by atoms with E-state index in [9.17, 15) is 0 Å². The average molecular weight is 269 g/mol. The van der Waals surface area contributed by atoms with Crippen LogP contribution in [0.25, 0.3) is 0 Å². The van der Waals surface area contributed by atoms with Gasteiger partial charge in [-0.05, 0) is 30.2 Å². The Morgan fingerprint density at radius 2 is 1.58 bits per heavy atom. The maximum absolute atomic E-state index is 3.56. The normalized spacial score (nSPS) is 27.6. The molecule has 19 heavy (non-hydrogen) atoms. The zero-order valence-corrected chi connectivity index (χ0v) is 12.4. The lowest BCUT2D eigenvalue weighted by molar-refractivity contribution is 0.626. The van der Waals surface area contributed by atoms with Crippen molar-refractivity contribution in [2.75, 3.05) is 0 Å². The minimum atomic E-state index is 0.122. The van der Waals surface area contributed by atoms with Crippen LogP contribution in [-0.2, 0) is 0 Å². The molecule has 0 saturated heterocycles. The summed E-state index contributed by atoms with van der Waals surface area (Å²) in [5.74, 6) is 0.498. The zero-order chi connectivity index (χ0) is 13.5. The molecule has 1 nitrogen and oxygen atoms in total. The molecule has 1 atom stereocenters. The second-order valence-electron chi connectivity index (χ2n) is 5.85. The molecule has 0 spiro atoms. The van der Waals surface area contributed by atoms with E-state index in [1.165, 1.54) is 21.2 Å². The summed E-state index contributed by atoms with van der Waals surface area (Å²) in [6, 6.07) is 0. The van der Waals surface area contributed by atoms with Gasteiger partial charge in [0.1, 0.15) is 0 Å². The fourth-order valence-electron chi connectivity index (χ4n) is 2.19. The summed E-state index contributed by atoms with van der Waals surface area (Å²) >= 11 is 1.85. The van der Waals surface area contributed by atoms with Gasteiger partial charge in [0.25, 0.3) is 0 Å². The van der Waals surface area contributed by atoms with Gasteiger partial charge in [0.2, 0.25) is 0 Å². The van der Waals surface area contributed by atoms with Crippen molar-refractivity contribution in [1.82, 2.24) is 5.32 Å². The highest BCUT2D eigenvalue weighted by Gasteiger charge is 2.20. The van der Waals surface area contributed by atoms with Crippen LogP contribution in [0.4, 0.5) is 0 Å². The first-order valence-corrected chi connectivity index (χ1v) is 7.53. The number of rotatable bonds is 0. The molecular weight excluding hydrogens is 250 g/mol. The molecule has 3 rings (SSSR count). The predicted octanol–water partition coefficient (Wildman–Crippen LogP) is 4.66. The van der Waals surface area contributed by atoms with Gasteiger partial charge in [-0.2, -0.15) is 0 Å². The Labute approximate surface area is 119 Å². The van der Waals surface area contributed by atoms with Crippen LogP contribution in [0.1, 0.15) is 20.8 Å². The summed E-state index contributed by atoms with van der Waals surface area (Å²) < 4.78 is 0. The van der Waals surface area contributed by atoms with Crippen LogP contribution in [0.15, 0.2) is 69.8 Å². The van der Waals surface area contributed by atoms with Crippen molar-refractivity contribution < 1.29 is 0 Å². The van der Waals surface area contributed by atoms with Crippen LogP contribution < -0.4 is 5.32 Å². The number of allylic oxidation sites excluding steroid dienone is 8. The van der Waals surface area contributed by atoms with Crippen molar-refractivity contribution in [1.29, 1.82) is 0 Å². The fraction of sp³-hybridized carbons (Fsp3) is 0.294. The maximum atomic E-state index is 3.56. The van der Waals surface area contributed by atoms with Crippen LogP contribution in [0.5, 0.6) is 0 Å². The highest BCUT2D eigenvalue weighted by Crippen LogP contribution is 2.39. The molecule has 0 radical (unpaired) electrons. The van der Waals surface area contributed by atoms with Gasteiger partial charge in [-0.25, -0.2) is 0 Å². The topological polar surface area (TPSA) is 12.0 Å². The molecule has 1 N–H and O–H groups in total. The molecule has 1 heterocycles. The number of hydrogen-bond acceptors (Lipinski definition) is 2. The predicted molar refractivity (Wildman–Crippen MR) is 84.3 cm³/mol. The third kappa shape index (κ3) is 2.64. The number of nitrogens with one attached hydrogen (secondary N) is 1. The standard InChI is InChI=1S/C17H19NS/c1-12-4-6-13-15(7-5-12)19-16-9-11-17(2,3)10-8-14(16)18-13/h4-12,18H,1-3H3. The summed E-state index contributed by atoms with van der Waals surface area (Å²) in [6.45, 7) is 6.66. The van der Waals surface area contributed by atoms with E-state index in [2.05, 4.69) is 74.7 Å². The summed E-state index contributed by atoms with van der Waals surface area (Å²) in [5, 5.41) is 3.56. The Morgan fingerprint density at radius 1 is 0.947 bits per heavy atom. The van der Waals surface area contributed by atoms with Gasteiger partial charge in [-0.1, -0.05) is 56.8 Å². The van der Waals surface area contributed by atoms with Crippen LogP contribution in [0, 0.1) is 11.3 Å². The van der Waals surface area contributed by atoms with E-state index in [0.717, 1.165) is 0 Å². The Balaban J connectivity index is 1.94. The second kappa shape index (κ2) is 4.61. The van der Waals surface area contributed by atoms with Crippen molar-refractivity contribution in [3.05, 3.63) is 69.8 Å². The summed E-state index contributed by atoms with van der Waals surface area (Å²) in [4.78, 5) is 2.60. The minimum Gasteiger partial charge on any atom is -0.354 e. The van der Waals surface area contributed by atoms with E-state index in [0.29, 0.717) is 5.92 Å². The van der Waals surface area contributed by atoms with Crippen LogP contribution >= 0.6 is 11.8 Å². The van der Waals surface area contributed by atoms with Crippen LogP contribution in [-0.4, -0.2) is 0 Å². The third-order valence-corrected chi connectivity index (χ3v) is 4.63. The van der Waals surface area contributed by atoms with E-state index >= 15 is 0 Å². The van der Waals surface area contributed by atoms with E-state index in [-0.39, 0.29) is 5.41 Å². The SMILES string of the molecule is CC1C=CC2=C(C=C1)SC1=C(C=CC(C)(C)C=C1)N2. The molecule has 0 bridgehead atoms. The molecule has 2 heteroatoms. The lowest BCUT2D eigenvalue weighted by Crippen LogP contribution is -2.16. The monoisotopic (exact) mass is 269 g/mol. The molecule has 0 saturated carbocycles. The van der Waals surface area contributed by atoms with Gasteiger partial charge in [-0.3, -0.25) is 0 Å². The Hall–Kier alpha value is -1.41. The third-order valence-electron chi connectivity index (χ3n) is 3.48. The molecule has 2 aliphatic carbocycles. The van der Waals surface area contributed by atoms with E-state index in [4.69, 9.17) is 0 Å². The van der Waals surface area contributed by atoms with Gasteiger partial charge in [0.15, 0.2) is 0 Å². The van der Waals surface area contributed by atoms with Gasteiger partial charge < -0.3 is 5.32 Å². The summed E-state index contributed by atoms with van der Waals surface area (Å²) in [5.41, 5.74) is 2.54. The van der Waals surface area contributed by atoms with Gasteiger partial charge in [0.05, 0.1) is 11.4 Å². The van der Waals surface area contributed by atoms with Crippen LogP contribution in [0.2, 0.25) is 0 Å². The lowest BCUT2D eigenvalue weighted by atomic mass is 9.93. The van der Waals surface area contributed by atoms with Crippen molar-refractivity contribution in [2.24, 2.45) is 11.3 Å². The first-order chi connectivity index (χ1) is 9.03. The lowest BCUT2D eigenvalue weighted by Gasteiger charge is -2.20. The largest absolute Gasteiger partial charge is 0.354 e. The zero-order valence-electron chi connectivity index (χ0n) is 11.6. The van der Waals surface area contributed by atoms with Crippen molar-refractivity contribution in [3.8, 4) is 0 Å². The van der Waals surface area contributed by atoms with Gasteiger partial charge >= 0.3 is 0 Å². The molecule has 1 aliphatic heterocycles. The first kappa shape index (κ1) is 12.6. The van der Waals surface area contributed by atoms with Gasteiger partial charge in [-0.15, -0.1) is 0 Å². The minimum absolute atomic E-state index is 0.122. The van der Waals surface area contributed by atoms with E-state index in [1.807, 2.05) is 11.8 Å². The van der Waals surface area contributed by atoms with Crippen molar-refractivity contribution in [3.63, 3.8) is 0 Å². The van der Waals surface area contributed by atoms with Crippen molar-refractivity contribution in [2.45, 2.75) is 20.8 Å². The van der Waals surface area contributed by atoms with Crippen LogP contribution in [0.3, 0.4) is 0 Å². The Bertz CT molecular complexity index is 534. The molecule has 0 fully saturated rings. The Kier molecular flexibility index (Phi) is 3.06. The smallest absolute Gasteiger partial charge is 0.0523 e. The van der Waals surface area contributed by atoms with E-state index < -0.39 is 0 Å².